The van der Waals surface area contributed by atoms with Gasteiger partial charge in [-0.05, 0) is 12.1 Å². The molecule has 0 radical (unpaired) electrons. The highest BCUT2D eigenvalue weighted by Gasteiger charge is 2.31. The number of benzene rings is 1. The zero-order chi connectivity index (χ0) is 18.7. The smallest absolute Gasteiger partial charge is 0.406 e. The fourth-order valence-electron chi connectivity index (χ4n) is 2.66. The lowest BCUT2D eigenvalue weighted by atomic mass is 10.3. The van der Waals surface area contributed by atoms with Crippen LogP contribution >= 0.6 is 23.7 Å². The van der Waals surface area contributed by atoms with E-state index in [0.717, 1.165) is 24.4 Å². The summed E-state index contributed by atoms with van der Waals surface area (Å²) in [4.78, 5) is 20.1. The third kappa shape index (κ3) is 5.93. The molecule has 0 atom stereocenters. The van der Waals surface area contributed by atoms with E-state index in [-0.39, 0.29) is 24.1 Å². The van der Waals surface area contributed by atoms with E-state index in [2.05, 4.69) is 14.6 Å². The van der Waals surface area contributed by atoms with E-state index in [9.17, 15) is 18.0 Å². The first kappa shape index (κ1) is 21.7. The Morgan fingerprint density at radius 3 is 2.70 bits per heavy atom. The van der Waals surface area contributed by atoms with Crippen molar-refractivity contribution in [2.45, 2.75) is 13.3 Å². The van der Waals surface area contributed by atoms with E-state index in [0.29, 0.717) is 41.7 Å². The predicted octanol–water partition coefficient (Wildman–Crippen LogP) is 3.30. The topological polar surface area (TPSA) is 54.9 Å². The van der Waals surface area contributed by atoms with Gasteiger partial charge in [-0.2, -0.15) is 0 Å². The summed E-state index contributed by atoms with van der Waals surface area (Å²) >= 11 is 1.16. The maximum absolute atomic E-state index is 12.4. The first-order valence-corrected chi connectivity index (χ1v) is 8.88. The maximum Gasteiger partial charge on any atom is 0.573 e. The Hall–Kier alpha value is -1.62. The number of carbonyl (C=O) groups is 1. The Labute approximate surface area is 164 Å². The van der Waals surface area contributed by atoms with Gasteiger partial charge in [-0.15, -0.1) is 25.6 Å². The molecule has 2 heterocycles. The van der Waals surface area contributed by atoms with Crippen LogP contribution in [0.4, 0.5) is 18.3 Å². The first-order valence-electron chi connectivity index (χ1n) is 8.06. The summed E-state index contributed by atoms with van der Waals surface area (Å²) in [5, 5.41) is 0.463. The number of anilines is 1. The van der Waals surface area contributed by atoms with E-state index in [1.54, 1.807) is 4.90 Å². The van der Waals surface area contributed by atoms with Crippen LogP contribution in [0.2, 0.25) is 0 Å². The molecule has 11 heteroatoms. The number of nitrogens with zero attached hydrogens (tertiary/aromatic N) is 3. The number of halogens is 4. The van der Waals surface area contributed by atoms with Crippen LogP contribution in [0, 0.1) is 0 Å². The number of thiazole rings is 1. The Balaban J connectivity index is 0.00000261. The van der Waals surface area contributed by atoms with Crippen LogP contribution in [-0.2, 0) is 9.53 Å². The molecule has 3 rings (SSSR count). The van der Waals surface area contributed by atoms with Crippen molar-refractivity contribution in [2.24, 2.45) is 0 Å². The fraction of sp³-hybridized carbons (Fsp3) is 0.500. The number of alkyl halides is 3. The van der Waals surface area contributed by atoms with Crippen molar-refractivity contribution >= 4 is 45.0 Å². The van der Waals surface area contributed by atoms with Crippen molar-refractivity contribution in [1.29, 1.82) is 0 Å². The largest absolute Gasteiger partial charge is 0.573 e. The molecule has 27 heavy (non-hydrogen) atoms. The number of ether oxygens (including phenoxy) is 2. The molecule has 1 aromatic carbocycles. The molecule has 1 fully saturated rings. The fourth-order valence-corrected chi connectivity index (χ4v) is 3.72. The summed E-state index contributed by atoms with van der Waals surface area (Å²) in [6.07, 6.45) is -4.75. The number of fused-ring (bicyclic) bond motifs is 1. The second-order valence-electron chi connectivity index (χ2n) is 5.80. The number of carbonyl (C=O) groups excluding carboxylic acids is 1. The molecule has 0 spiro atoms. The Bertz CT molecular complexity index is 781. The summed E-state index contributed by atoms with van der Waals surface area (Å²) in [6.45, 7) is 5.55. The SMILES string of the molecule is CC(=O)N(CCN1CCOCC1)c1nc2ccc(OC(F)(F)F)cc2s1.Cl. The average molecular weight is 426 g/mol. The van der Waals surface area contributed by atoms with E-state index in [4.69, 9.17) is 4.74 Å². The van der Waals surface area contributed by atoms with E-state index in [1.165, 1.54) is 25.1 Å². The molecule has 150 valence electrons. The van der Waals surface area contributed by atoms with Gasteiger partial charge in [-0.25, -0.2) is 4.98 Å². The van der Waals surface area contributed by atoms with Gasteiger partial charge in [0.25, 0.3) is 0 Å². The highest BCUT2D eigenvalue weighted by Crippen LogP contribution is 2.33. The number of hydrogen-bond donors (Lipinski definition) is 0. The van der Waals surface area contributed by atoms with Gasteiger partial charge in [0, 0.05) is 39.2 Å². The van der Waals surface area contributed by atoms with Crippen molar-refractivity contribution in [1.82, 2.24) is 9.88 Å². The summed E-state index contributed by atoms with van der Waals surface area (Å²) in [5.41, 5.74) is 0.525. The van der Waals surface area contributed by atoms with E-state index >= 15 is 0 Å². The molecule has 1 aromatic heterocycles. The monoisotopic (exact) mass is 425 g/mol. The second-order valence-corrected chi connectivity index (χ2v) is 6.81. The Morgan fingerprint density at radius 2 is 2.07 bits per heavy atom. The quantitative estimate of drug-likeness (QED) is 0.735. The van der Waals surface area contributed by atoms with Crippen molar-refractivity contribution < 1.29 is 27.4 Å². The van der Waals surface area contributed by atoms with Gasteiger partial charge in [-0.3, -0.25) is 14.6 Å². The lowest BCUT2D eigenvalue weighted by molar-refractivity contribution is -0.274. The molecule has 1 aliphatic rings. The van der Waals surface area contributed by atoms with Crippen molar-refractivity contribution in [3.63, 3.8) is 0 Å². The van der Waals surface area contributed by atoms with Gasteiger partial charge >= 0.3 is 6.36 Å². The van der Waals surface area contributed by atoms with E-state index in [1.807, 2.05) is 0 Å². The van der Waals surface area contributed by atoms with Crippen molar-refractivity contribution in [3.05, 3.63) is 18.2 Å². The minimum atomic E-state index is -4.75. The molecule has 2 aromatic rings. The molecule has 0 saturated carbocycles. The molecular weight excluding hydrogens is 407 g/mol. The van der Waals surface area contributed by atoms with Crippen molar-refractivity contribution in [3.8, 4) is 5.75 Å². The highest BCUT2D eigenvalue weighted by molar-refractivity contribution is 7.22. The van der Waals surface area contributed by atoms with Crippen LogP contribution in [0.5, 0.6) is 5.75 Å². The molecule has 0 aliphatic carbocycles. The van der Waals surface area contributed by atoms with Crippen LogP contribution in [0.15, 0.2) is 18.2 Å². The van der Waals surface area contributed by atoms with Crippen LogP contribution in [0.1, 0.15) is 6.92 Å². The predicted molar refractivity (Wildman–Crippen MR) is 98.8 cm³/mol. The van der Waals surface area contributed by atoms with Gasteiger partial charge in [0.05, 0.1) is 23.4 Å². The molecule has 6 nitrogen and oxygen atoms in total. The summed E-state index contributed by atoms with van der Waals surface area (Å²) in [5.74, 6) is -0.466. The number of amides is 1. The number of morpholine rings is 1. The van der Waals surface area contributed by atoms with Gasteiger partial charge in [-0.1, -0.05) is 11.3 Å². The average Bonchev–Trinajstić information content (AvgIpc) is 2.97. The molecule has 1 aliphatic heterocycles. The normalized spacial score (nSPS) is 15.4. The molecule has 0 unspecified atom stereocenters. The summed E-state index contributed by atoms with van der Waals surface area (Å²) in [7, 11) is 0. The Kier molecular flexibility index (Phi) is 7.26. The first-order chi connectivity index (χ1) is 12.3. The molecule has 1 amide bonds. The van der Waals surface area contributed by atoms with Crippen LogP contribution < -0.4 is 9.64 Å². The third-order valence-corrected chi connectivity index (χ3v) is 4.98. The van der Waals surface area contributed by atoms with Crippen LogP contribution in [0.3, 0.4) is 0 Å². The minimum Gasteiger partial charge on any atom is -0.406 e. The molecule has 0 N–H and O–H groups in total. The van der Waals surface area contributed by atoms with Gasteiger partial charge in [0.15, 0.2) is 5.13 Å². The van der Waals surface area contributed by atoms with Crippen LogP contribution in [0.25, 0.3) is 10.2 Å². The third-order valence-electron chi connectivity index (χ3n) is 3.94. The second kappa shape index (κ2) is 9.05. The zero-order valence-corrected chi connectivity index (χ0v) is 16.1. The van der Waals surface area contributed by atoms with Crippen molar-refractivity contribution in [2.75, 3.05) is 44.3 Å². The number of rotatable bonds is 5. The highest BCUT2D eigenvalue weighted by atomic mass is 35.5. The van der Waals surface area contributed by atoms with E-state index < -0.39 is 6.36 Å². The molecule has 0 bridgehead atoms. The summed E-state index contributed by atoms with van der Waals surface area (Å²) < 4.78 is 46.8. The van der Waals surface area contributed by atoms with Gasteiger partial charge < -0.3 is 9.47 Å². The van der Waals surface area contributed by atoms with Crippen LogP contribution in [-0.4, -0.2) is 61.5 Å². The lowest BCUT2D eigenvalue weighted by Crippen LogP contribution is -2.42. The number of hydrogen-bond acceptors (Lipinski definition) is 6. The van der Waals surface area contributed by atoms with Gasteiger partial charge in [0.1, 0.15) is 5.75 Å². The lowest BCUT2D eigenvalue weighted by Gasteiger charge is -2.28. The minimum absolute atomic E-state index is 0. The van der Waals surface area contributed by atoms with Gasteiger partial charge in [0.2, 0.25) is 5.91 Å². The summed E-state index contributed by atoms with van der Waals surface area (Å²) in [6, 6.07) is 3.95. The Morgan fingerprint density at radius 1 is 1.37 bits per heavy atom. The maximum atomic E-state index is 12.4. The standard InChI is InChI=1S/C16H18F3N3O3S.ClH/c1-11(23)22(5-4-21-6-8-24-9-7-21)15-20-13-3-2-12(10-14(13)26-15)25-16(17,18)19;/h2-3,10H,4-9H2,1H3;1H. The molecular formula is C16H19ClF3N3O3S. The molecule has 1 saturated heterocycles. The number of aromatic nitrogens is 1. The zero-order valence-electron chi connectivity index (χ0n) is 14.5.